The summed E-state index contributed by atoms with van der Waals surface area (Å²) in [6.07, 6.45) is 2.21. The Morgan fingerprint density at radius 3 is 2.38 bits per heavy atom. The second-order valence-electron chi connectivity index (χ2n) is 7.28. The second-order valence-corrected chi connectivity index (χ2v) is 7.28. The average Bonchev–Trinajstić information content (AvgIpc) is 2.77. The van der Waals surface area contributed by atoms with E-state index in [0.717, 1.165) is 37.5 Å². The van der Waals surface area contributed by atoms with E-state index in [1.54, 1.807) is 7.05 Å². The summed E-state index contributed by atoms with van der Waals surface area (Å²) < 4.78 is 0. The quantitative estimate of drug-likeness (QED) is 0.367. The highest BCUT2D eigenvalue weighted by molar-refractivity contribution is 14.0. The lowest BCUT2D eigenvalue weighted by atomic mass is 10.0. The maximum absolute atomic E-state index is 8.89. The van der Waals surface area contributed by atoms with Gasteiger partial charge >= 0.3 is 0 Å². The van der Waals surface area contributed by atoms with Crippen LogP contribution in [0.3, 0.4) is 0 Å². The Balaban J connectivity index is 0.00000300. The zero-order valence-corrected chi connectivity index (χ0v) is 19.5. The van der Waals surface area contributed by atoms with Gasteiger partial charge in [-0.2, -0.15) is 5.26 Å². The van der Waals surface area contributed by atoms with Crippen molar-refractivity contribution < 1.29 is 0 Å². The lowest BCUT2D eigenvalue weighted by Crippen LogP contribution is -2.48. The Bertz CT molecular complexity index is 805. The molecule has 3 rings (SSSR count). The molecule has 0 saturated carbocycles. The standard InChI is InChI=1S/C23H29N5.HI/c1-18(21-6-4-3-5-7-21)28-14-12-22(13-15-28)27-23(25-2)26-17-20-10-8-19(16-24)9-11-20;/h3-11,18,22H,12-15,17H2,1-2H3,(H2,25,26,27);1H. The molecule has 29 heavy (non-hydrogen) atoms. The molecule has 0 spiro atoms. The van der Waals surface area contributed by atoms with Crippen LogP contribution < -0.4 is 10.6 Å². The number of nitrogens with one attached hydrogen (secondary N) is 2. The predicted molar refractivity (Wildman–Crippen MR) is 129 cm³/mol. The number of piperidine rings is 1. The van der Waals surface area contributed by atoms with Crippen LogP contribution in [0, 0.1) is 11.3 Å². The average molecular weight is 503 g/mol. The van der Waals surface area contributed by atoms with Gasteiger partial charge in [0, 0.05) is 38.8 Å². The van der Waals surface area contributed by atoms with Gasteiger partial charge in [0.2, 0.25) is 0 Å². The van der Waals surface area contributed by atoms with E-state index in [0.29, 0.717) is 24.2 Å². The molecule has 1 aliphatic heterocycles. The molecule has 1 unspecified atom stereocenters. The van der Waals surface area contributed by atoms with Crippen LogP contribution in [0.4, 0.5) is 0 Å². The molecule has 0 aromatic heterocycles. The first-order chi connectivity index (χ1) is 13.7. The number of likely N-dealkylation sites (tertiary alicyclic amines) is 1. The van der Waals surface area contributed by atoms with Crippen LogP contribution in [-0.2, 0) is 6.54 Å². The fourth-order valence-electron chi connectivity index (χ4n) is 3.64. The number of halogens is 1. The molecule has 1 saturated heterocycles. The highest BCUT2D eigenvalue weighted by Gasteiger charge is 2.23. The summed E-state index contributed by atoms with van der Waals surface area (Å²) in [7, 11) is 1.81. The minimum atomic E-state index is 0. The molecule has 1 heterocycles. The first-order valence-electron chi connectivity index (χ1n) is 9.95. The summed E-state index contributed by atoms with van der Waals surface area (Å²) in [6.45, 7) is 5.15. The maximum Gasteiger partial charge on any atom is 0.191 e. The zero-order valence-electron chi connectivity index (χ0n) is 17.1. The van der Waals surface area contributed by atoms with E-state index in [4.69, 9.17) is 5.26 Å². The van der Waals surface area contributed by atoms with Crippen LogP contribution in [0.15, 0.2) is 59.6 Å². The molecular weight excluding hydrogens is 473 g/mol. The van der Waals surface area contributed by atoms with Gasteiger partial charge in [-0.1, -0.05) is 42.5 Å². The van der Waals surface area contributed by atoms with E-state index in [1.165, 1.54) is 5.56 Å². The third-order valence-corrected chi connectivity index (χ3v) is 5.47. The van der Waals surface area contributed by atoms with Crippen LogP contribution in [-0.4, -0.2) is 37.0 Å². The summed E-state index contributed by atoms with van der Waals surface area (Å²) in [6, 6.07) is 21.4. The lowest BCUT2D eigenvalue weighted by Gasteiger charge is -2.37. The van der Waals surface area contributed by atoms with Crippen molar-refractivity contribution in [2.24, 2.45) is 4.99 Å². The molecule has 0 aliphatic carbocycles. The molecule has 1 aliphatic rings. The van der Waals surface area contributed by atoms with E-state index >= 15 is 0 Å². The van der Waals surface area contributed by atoms with E-state index in [1.807, 2.05) is 24.3 Å². The first-order valence-corrected chi connectivity index (χ1v) is 9.95. The van der Waals surface area contributed by atoms with E-state index in [-0.39, 0.29) is 24.0 Å². The number of guanidine groups is 1. The topological polar surface area (TPSA) is 63.5 Å². The molecule has 1 atom stereocenters. The molecule has 154 valence electrons. The van der Waals surface area contributed by atoms with Crippen LogP contribution in [0.5, 0.6) is 0 Å². The monoisotopic (exact) mass is 503 g/mol. The Kier molecular flexibility index (Phi) is 9.42. The first kappa shape index (κ1) is 23.2. The van der Waals surface area contributed by atoms with Crippen molar-refractivity contribution in [2.45, 2.75) is 38.4 Å². The number of nitrogens with zero attached hydrogens (tertiary/aromatic N) is 3. The van der Waals surface area contributed by atoms with Gasteiger partial charge < -0.3 is 10.6 Å². The molecule has 0 radical (unpaired) electrons. The molecule has 6 heteroatoms. The summed E-state index contributed by atoms with van der Waals surface area (Å²) in [5.41, 5.74) is 3.20. The third kappa shape index (κ3) is 6.72. The van der Waals surface area contributed by atoms with Gasteiger partial charge in [-0.25, -0.2) is 0 Å². The third-order valence-electron chi connectivity index (χ3n) is 5.47. The number of aliphatic imine (C=N–C) groups is 1. The van der Waals surface area contributed by atoms with Gasteiger partial charge in [0.1, 0.15) is 0 Å². The minimum absolute atomic E-state index is 0. The summed E-state index contributed by atoms with van der Waals surface area (Å²) >= 11 is 0. The van der Waals surface area contributed by atoms with Crippen molar-refractivity contribution in [2.75, 3.05) is 20.1 Å². The van der Waals surface area contributed by atoms with Crippen molar-refractivity contribution in [1.82, 2.24) is 15.5 Å². The van der Waals surface area contributed by atoms with Gasteiger partial charge in [0.05, 0.1) is 11.6 Å². The molecular formula is C23H30IN5. The number of nitriles is 1. The number of hydrogen-bond donors (Lipinski definition) is 2. The number of benzene rings is 2. The smallest absolute Gasteiger partial charge is 0.191 e. The summed E-state index contributed by atoms with van der Waals surface area (Å²) in [5, 5.41) is 15.8. The van der Waals surface area contributed by atoms with Crippen molar-refractivity contribution in [3.8, 4) is 6.07 Å². The summed E-state index contributed by atoms with van der Waals surface area (Å²) in [4.78, 5) is 6.92. The fourth-order valence-corrected chi connectivity index (χ4v) is 3.64. The fraction of sp³-hybridized carbons (Fsp3) is 0.391. The molecule has 5 nitrogen and oxygen atoms in total. The Morgan fingerprint density at radius 1 is 1.14 bits per heavy atom. The molecule has 2 N–H and O–H groups in total. The van der Waals surface area contributed by atoms with Crippen LogP contribution in [0.25, 0.3) is 0 Å². The van der Waals surface area contributed by atoms with E-state index < -0.39 is 0 Å². The predicted octanol–water partition coefficient (Wildman–Crippen LogP) is 4.07. The second kappa shape index (κ2) is 11.8. The van der Waals surface area contributed by atoms with Crippen molar-refractivity contribution in [3.05, 3.63) is 71.3 Å². The molecule has 0 amide bonds. The summed E-state index contributed by atoms with van der Waals surface area (Å²) in [5.74, 6) is 0.832. The van der Waals surface area contributed by atoms with Crippen LogP contribution >= 0.6 is 24.0 Å². The van der Waals surface area contributed by atoms with Crippen molar-refractivity contribution in [3.63, 3.8) is 0 Å². The van der Waals surface area contributed by atoms with Crippen LogP contribution in [0.2, 0.25) is 0 Å². The maximum atomic E-state index is 8.89. The number of hydrogen-bond acceptors (Lipinski definition) is 3. The molecule has 2 aromatic carbocycles. The van der Waals surface area contributed by atoms with Gasteiger partial charge in [0.25, 0.3) is 0 Å². The van der Waals surface area contributed by atoms with Gasteiger partial charge in [-0.05, 0) is 43.0 Å². The highest BCUT2D eigenvalue weighted by atomic mass is 127. The molecule has 1 fully saturated rings. The Labute approximate surface area is 191 Å². The zero-order chi connectivity index (χ0) is 19.8. The Morgan fingerprint density at radius 2 is 1.79 bits per heavy atom. The van der Waals surface area contributed by atoms with Crippen molar-refractivity contribution in [1.29, 1.82) is 5.26 Å². The van der Waals surface area contributed by atoms with E-state index in [2.05, 4.69) is 63.9 Å². The van der Waals surface area contributed by atoms with Gasteiger partial charge in [0.15, 0.2) is 5.96 Å². The minimum Gasteiger partial charge on any atom is -0.354 e. The highest BCUT2D eigenvalue weighted by Crippen LogP contribution is 2.23. The normalized spacial score (nSPS) is 16.4. The molecule has 2 aromatic rings. The Hall–Kier alpha value is -2.11. The van der Waals surface area contributed by atoms with E-state index in [9.17, 15) is 0 Å². The van der Waals surface area contributed by atoms with Gasteiger partial charge in [-0.3, -0.25) is 9.89 Å². The molecule has 0 bridgehead atoms. The van der Waals surface area contributed by atoms with Gasteiger partial charge in [-0.15, -0.1) is 24.0 Å². The van der Waals surface area contributed by atoms with Crippen molar-refractivity contribution >= 4 is 29.9 Å². The SMILES string of the molecule is CN=C(NCc1ccc(C#N)cc1)NC1CCN(C(C)c2ccccc2)CC1.I. The largest absolute Gasteiger partial charge is 0.354 e. The van der Waals surface area contributed by atoms with Crippen LogP contribution in [0.1, 0.15) is 42.5 Å². The lowest BCUT2D eigenvalue weighted by molar-refractivity contribution is 0.158. The number of rotatable bonds is 5.